The smallest absolute Gasteiger partial charge is 0.204 e. The first-order chi connectivity index (χ1) is 7.67. The summed E-state index contributed by atoms with van der Waals surface area (Å²) in [5.74, 6) is 1.05. The van der Waals surface area contributed by atoms with Gasteiger partial charge in [0.05, 0.1) is 5.92 Å². The maximum absolute atomic E-state index is 12.1. The fraction of sp³-hybridized carbons (Fsp3) is 0.786. The van der Waals surface area contributed by atoms with Gasteiger partial charge in [-0.1, -0.05) is 19.8 Å². The van der Waals surface area contributed by atoms with Gasteiger partial charge in [0.25, 0.3) is 0 Å². The van der Waals surface area contributed by atoms with E-state index >= 15 is 0 Å². The van der Waals surface area contributed by atoms with E-state index in [1.165, 1.54) is 19.3 Å². The van der Waals surface area contributed by atoms with E-state index in [0.717, 1.165) is 25.7 Å². The number of carbonyl (C=O) groups excluding carboxylic acids is 1. The quantitative estimate of drug-likeness (QED) is 0.538. The van der Waals surface area contributed by atoms with Crippen LogP contribution < -0.4 is 0 Å². The minimum atomic E-state index is -0.187. The summed E-state index contributed by atoms with van der Waals surface area (Å²) >= 11 is 0. The Morgan fingerprint density at radius 3 is 3.00 bits per heavy atom. The van der Waals surface area contributed by atoms with Crippen molar-refractivity contribution in [1.29, 1.82) is 0 Å². The third-order valence-corrected chi connectivity index (χ3v) is 3.94. The molecule has 0 spiro atoms. The van der Waals surface area contributed by atoms with Crippen molar-refractivity contribution in [2.45, 2.75) is 64.4 Å². The molecule has 0 bridgehead atoms. The van der Waals surface area contributed by atoms with E-state index in [1.54, 1.807) is 0 Å². The van der Waals surface area contributed by atoms with Crippen LogP contribution in [0.2, 0.25) is 0 Å². The number of hydrogen-bond acceptors (Lipinski definition) is 2. The Balaban J connectivity index is 2.08. The van der Waals surface area contributed by atoms with E-state index in [-0.39, 0.29) is 17.3 Å². The second kappa shape index (κ2) is 4.60. The number of hydrogen-bond donors (Lipinski definition) is 0. The lowest BCUT2D eigenvalue weighted by molar-refractivity contribution is -0.119. The van der Waals surface area contributed by atoms with Gasteiger partial charge in [0.15, 0.2) is 5.76 Å². The Kier molecular flexibility index (Phi) is 3.36. The molecular weight excluding hydrogens is 200 g/mol. The van der Waals surface area contributed by atoms with Crippen LogP contribution in [0.5, 0.6) is 0 Å². The lowest BCUT2D eigenvalue weighted by Crippen LogP contribution is -2.36. The third-order valence-electron chi connectivity index (χ3n) is 3.94. The van der Waals surface area contributed by atoms with Crippen LogP contribution in [-0.4, -0.2) is 11.4 Å². The topological polar surface area (TPSA) is 26.3 Å². The van der Waals surface area contributed by atoms with Gasteiger partial charge >= 0.3 is 0 Å². The predicted molar refractivity (Wildman–Crippen MR) is 64.1 cm³/mol. The Bertz CT molecular complexity index is 306. The molecule has 2 aliphatic rings. The summed E-state index contributed by atoms with van der Waals surface area (Å²) in [6.07, 6.45) is 9.71. The summed E-state index contributed by atoms with van der Waals surface area (Å²) in [6.45, 7) is 4.27. The number of ether oxygens (including phenoxy) is 1. The first kappa shape index (κ1) is 11.7. The van der Waals surface area contributed by atoms with Crippen LogP contribution in [0.4, 0.5) is 0 Å². The van der Waals surface area contributed by atoms with Crippen molar-refractivity contribution in [3.8, 4) is 0 Å². The molecule has 0 N–H and O–H groups in total. The summed E-state index contributed by atoms with van der Waals surface area (Å²) in [6, 6.07) is 0. The highest BCUT2D eigenvalue weighted by Gasteiger charge is 2.50. The van der Waals surface area contributed by atoms with Gasteiger partial charge in [0.1, 0.15) is 5.60 Å². The van der Waals surface area contributed by atoms with Gasteiger partial charge in [0.2, 0.25) is 5.78 Å². The van der Waals surface area contributed by atoms with Crippen LogP contribution in [0.15, 0.2) is 11.8 Å². The van der Waals surface area contributed by atoms with Crippen LogP contribution in [-0.2, 0) is 9.53 Å². The molecule has 1 saturated heterocycles. The summed E-state index contributed by atoms with van der Waals surface area (Å²) < 4.78 is 5.92. The van der Waals surface area contributed by atoms with Crippen molar-refractivity contribution in [2.75, 3.05) is 0 Å². The highest BCUT2D eigenvalue weighted by Crippen LogP contribution is 2.45. The third kappa shape index (κ3) is 2.02. The monoisotopic (exact) mass is 222 g/mol. The molecule has 0 aromatic carbocycles. The van der Waals surface area contributed by atoms with Crippen molar-refractivity contribution in [3.63, 3.8) is 0 Å². The molecule has 1 aliphatic heterocycles. The Morgan fingerprint density at radius 1 is 1.50 bits per heavy atom. The van der Waals surface area contributed by atoms with Crippen LogP contribution in [0.25, 0.3) is 0 Å². The number of unbranched alkanes of at least 4 members (excludes halogenated alkanes) is 2. The second-order valence-corrected chi connectivity index (χ2v) is 5.29. The minimum Gasteiger partial charge on any atom is -0.483 e. The lowest BCUT2D eigenvalue weighted by atomic mass is 9.76. The molecule has 1 saturated carbocycles. The Hall–Kier alpha value is -0.790. The van der Waals surface area contributed by atoms with Gasteiger partial charge in [-0.25, -0.2) is 0 Å². The number of carbonyl (C=O) groups is 1. The van der Waals surface area contributed by atoms with E-state index in [1.807, 2.05) is 6.08 Å². The molecule has 2 heteroatoms. The van der Waals surface area contributed by atoms with Crippen molar-refractivity contribution < 1.29 is 9.53 Å². The zero-order chi connectivity index (χ0) is 11.6. The van der Waals surface area contributed by atoms with Crippen molar-refractivity contribution >= 4 is 5.78 Å². The molecule has 2 atom stereocenters. The number of allylic oxidation sites excluding steroid dienone is 2. The normalized spacial score (nSPS) is 36.2. The molecule has 16 heavy (non-hydrogen) atoms. The predicted octanol–water partition coefficient (Wildman–Crippen LogP) is 3.61. The van der Waals surface area contributed by atoms with Crippen molar-refractivity contribution in [3.05, 3.63) is 11.8 Å². The Labute approximate surface area is 98.1 Å². The highest BCUT2D eigenvalue weighted by atomic mass is 16.5. The van der Waals surface area contributed by atoms with Crippen molar-refractivity contribution in [1.82, 2.24) is 0 Å². The van der Waals surface area contributed by atoms with Crippen LogP contribution >= 0.6 is 0 Å². The zero-order valence-electron chi connectivity index (χ0n) is 10.4. The summed E-state index contributed by atoms with van der Waals surface area (Å²) in [4.78, 5) is 12.1. The van der Waals surface area contributed by atoms with E-state index in [2.05, 4.69) is 13.8 Å². The average molecular weight is 222 g/mol. The standard InChI is InChI=1S/C14H22O2/c1-3-4-5-9-12-13(15)11-8-6-7-10-14(11,2)16-12/h9,11H,3-8,10H2,1-2H3/b12-9-/t11-,14-/m1/s1. The Morgan fingerprint density at radius 2 is 2.31 bits per heavy atom. The van der Waals surface area contributed by atoms with Crippen LogP contribution in [0.1, 0.15) is 58.8 Å². The fourth-order valence-electron chi connectivity index (χ4n) is 2.89. The second-order valence-electron chi connectivity index (χ2n) is 5.29. The molecule has 0 unspecified atom stereocenters. The molecule has 0 aromatic heterocycles. The van der Waals surface area contributed by atoms with Gasteiger partial charge in [0, 0.05) is 0 Å². The molecular formula is C14H22O2. The molecule has 2 fully saturated rings. The van der Waals surface area contributed by atoms with E-state index in [9.17, 15) is 4.79 Å². The molecule has 0 amide bonds. The molecule has 1 heterocycles. The maximum Gasteiger partial charge on any atom is 0.204 e. The summed E-state index contributed by atoms with van der Waals surface area (Å²) in [7, 11) is 0. The van der Waals surface area contributed by atoms with Crippen LogP contribution in [0.3, 0.4) is 0 Å². The minimum absolute atomic E-state index is 0.133. The van der Waals surface area contributed by atoms with Gasteiger partial charge in [-0.15, -0.1) is 0 Å². The van der Waals surface area contributed by atoms with Gasteiger partial charge in [-0.2, -0.15) is 0 Å². The number of rotatable bonds is 3. The number of ketones is 1. The van der Waals surface area contributed by atoms with Gasteiger partial charge in [-0.05, 0) is 45.1 Å². The van der Waals surface area contributed by atoms with E-state index < -0.39 is 0 Å². The van der Waals surface area contributed by atoms with Crippen LogP contribution in [0, 0.1) is 5.92 Å². The molecule has 2 nitrogen and oxygen atoms in total. The number of fused-ring (bicyclic) bond motifs is 1. The largest absolute Gasteiger partial charge is 0.483 e. The molecule has 1 aliphatic carbocycles. The van der Waals surface area contributed by atoms with E-state index in [0.29, 0.717) is 5.76 Å². The summed E-state index contributed by atoms with van der Waals surface area (Å²) in [5, 5.41) is 0. The van der Waals surface area contributed by atoms with Gasteiger partial charge < -0.3 is 4.74 Å². The molecule has 0 radical (unpaired) electrons. The average Bonchev–Trinajstić information content (AvgIpc) is 2.52. The lowest BCUT2D eigenvalue weighted by Gasteiger charge is -2.32. The van der Waals surface area contributed by atoms with Gasteiger partial charge in [-0.3, -0.25) is 4.79 Å². The SMILES string of the molecule is CCCC/C=C1\O[C@]2(C)CCCC[C@@H]2C1=O. The molecule has 2 rings (SSSR count). The maximum atomic E-state index is 12.1. The molecule has 90 valence electrons. The first-order valence-electron chi connectivity index (χ1n) is 6.61. The fourth-order valence-corrected chi connectivity index (χ4v) is 2.89. The van der Waals surface area contributed by atoms with Crippen molar-refractivity contribution in [2.24, 2.45) is 5.92 Å². The zero-order valence-corrected chi connectivity index (χ0v) is 10.4. The molecule has 0 aromatic rings. The first-order valence-corrected chi connectivity index (χ1v) is 6.61. The highest BCUT2D eigenvalue weighted by molar-refractivity contribution is 5.98. The summed E-state index contributed by atoms with van der Waals surface area (Å²) in [5.41, 5.74) is -0.187. The number of Topliss-reactive ketones (excluding diaryl/α,β-unsaturated/α-hetero) is 1. The van der Waals surface area contributed by atoms with E-state index in [4.69, 9.17) is 4.74 Å².